The SMILES string of the molecule is CCN1CCC(CC(=O)N2CCN(S(=O)(=O)N3CCCC3)CC2)CC1. The second-order valence-electron chi connectivity index (χ2n) is 7.48. The van der Waals surface area contributed by atoms with Crippen LogP contribution in [0.2, 0.25) is 0 Å². The van der Waals surface area contributed by atoms with Crippen molar-refractivity contribution in [3.8, 4) is 0 Å². The van der Waals surface area contributed by atoms with Crippen molar-refractivity contribution in [2.24, 2.45) is 5.92 Å². The molecule has 3 aliphatic heterocycles. The second kappa shape index (κ2) is 8.33. The van der Waals surface area contributed by atoms with Gasteiger partial charge in [0.15, 0.2) is 0 Å². The zero-order valence-electron chi connectivity index (χ0n) is 15.4. The molecule has 0 bridgehead atoms. The van der Waals surface area contributed by atoms with Crippen molar-refractivity contribution < 1.29 is 13.2 Å². The fraction of sp³-hybridized carbons (Fsp3) is 0.941. The summed E-state index contributed by atoms with van der Waals surface area (Å²) in [4.78, 5) is 16.9. The first kappa shape index (κ1) is 19.1. The molecule has 3 heterocycles. The molecular weight excluding hydrogens is 340 g/mol. The van der Waals surface area contributed by atoms with Crippen molar-refractivity contribution in [2.75, 3.05) is 58.9 Å². The van der Waals surface area contributed by atoms with Gasteiger partial charge in [-0.2, -0.15) is 17.0 Å². The first-order valence-corrected chi connectivity index (χ1v) is 11.2. The molecule has 0 spiro atoms. The molecular formula is C17H32N4O3S. The highest BCUT2D eigenvalue weighted by Gasteiger charge is 2.35. The standard InChI is InChI=1S/C17H32N4O3S/c1-2-18-9-5-16(6-10-18)15-17(22)19-11-13-21(14-12-19)25(23,24)20-7-3-4-8-20/h16H,2-15H2,1H3. The minimum absolute atomic E-state index is 0.202. The Bertz CT molecular complexity index is 546. The van der Waals surface area contributed by atoms with Crippen LogP contribution in [0.4, 0.5) is 0 Å². The van der Waals surface area contributed by atoms with Crippen LogP contribution in [0.5, 0.6) is 0 Å². The highest BCUT2D eigenvalue weighted by Crippen LogP contribution is 2.22. The van der Waals surface area contributed by atoms with Gasteiger partial charge in [0, 0.05) is 45.7 Å². The Morgan fingerprint density at radius 3 is 2.00 bits per heavy atom. The van der Waals surface area contributed by atoms with Crippen LogP contribution in [-0.4, -0.2) is 91.6 Å². The predicted molar refractivity (Wildman–Crippen MR) is 97.3 cm³/mol. The molecule has 3 rings (SSSR count). The molecule has 8 heteroatoms. The monoisotopic (exact) mass is 372 g/mol. The number of piperidine rings is 1. The summed E-state index contributed by atoms with van der Waals surface area (Å²) >= 11 is 0. The van der Waals surface area contributed by atoms with E-state index in [0.29, 0.717) is 51.6 Å². The smallest absolute Gasteiger partial charge is 0.282 e. The molecule has 0 aromatic carbocycles. The van der Waals surface area contributed by atoms with Gasteiger partial charge in [-0.1, -0.05) is 6.92 Å². The molecule has 1 amide bonds. The third-order valence-electron chi connectivity index (χ3n) is 5.93. The predicted octanol–water partition coefficient (Wildman–Crippen LogP) is 0.593. The summed E-state index contributed by atoms with van der Waals surface area (Å²) in [6.07, 6.45) is 4.73. The van der Waals surface area contributed by atoms with Crippen LogP contribution < -0.4 is 0 Å². The normalized spacial score (nSPS) is 25.6. The topological polar surface area (TPSA) is 64.2 Å². The van der Waals surface area contributed by atoms with Crippen LogP contribution in [-0.2, 0) is 15.0 Å². The van der Waals surface area contributed by atoms with Gasteiger partial charge in [-0.3, -0.25) is 4.79 Å². The van der Waals surface area contributed by atoms with Gasteiger partial charge in [-0.15, -0.1) is 0 Å². The first-order valence-electron chi connectivity index (χ1n) is 9.76. The molecule has 0 atom stereocenters. The molecule has 0 aromatic heterocycles. The van der Waals surface area contributed by atoms with Crippen LogP contribution in [0.25, 0.3) is 0 Å². The van der Waals surface area contributed by atoms with E-state index in [9.17, 15) is 13.2 Å². The Kier molecular flexibility index (Phi) is 6.35. The van der Waals surface area contributed by atoms with Crippen molar-refractivity contribution in [3.05, 3.63) is 0 Å². The largest absolute Gasteiger partial charge is 0.340 e. The van der Waals surface area contributed by atoms with Crippen LogP contribution in [0, 0.1) is 5.92 Å². The van der Waals surface area contributed by atoms with Crippen molar-refractivity contribution >= 4 is 16.1 Å². The summed E-state index contributed by atoms with van der Waals surface area (Å²) in [5.41, 5.74) is 0. The summed E-state index contributed by atoms with van der Waals surface area (Å²) in [7, 11) is -3.32. The average Bonchev–Trinajstić information content (AvgIpc) is 3.18. The number of nitrogens with zero attached hydrogens (tertiary/aromatic N) is 4. The summed E-state index contributed by atoms with van der Waals surface area (Å²) in [5, 5.41) is 0. The van der Waals surface area contributed by atoms with E-state index in [2.05, 4.69) is 11.8 Å². The Balaban J connectivity index is 1.45. The van der Waals surface area contributed by atoms with Gasteiger partial charge >= 0.3 is 0 Å². The van der Waals surface area contributed by atoms with Crippen molar-refractivity contribution in [3.63, 3.8) is 0 Å². The van der Waals surface area contributed by atoms with Gasteiger partial charge in [0.05, 0.1) is 0 Å². The first-order chi connectivity index (χ1) is 12.0. The van der Waals surface area contributed by atoms with Crippen LogP contribution >= 0.6 is 0 Å². The van der Waals surface area contributed by atoms with Gasteiger partial charge < -0.3 is 9.80 Å². The Morgan fingerprint density at radius 2 is 1.44 bits per heavy atom. The lowest BCUT2D eigenvalue weighted by Crippen LogP contribution is -2.54. The van der Waals surface area contributed by atoms with Gasteiger partial charge in [0.1, 0.15) is 0 Å². The van der Waals surface area contributed by atoms with Crippen LogP contribution in [0.3, 0.4) is 0 Å². The molecule has 7 nitrogen and oxygen atoms in total. The number of amides is 1. The molecule has 0 unspecified atom stereocenters. The zero-order valence-corrected chi connectivity index (χ0v) is 16.2. The maximum Gasteiger partial charge on any atom is 0.282 e. The third kappa shape index (κ3) is 4.53. The summed E-state index contributed by atoms with van der Waals surface area (Å²) < 4.78 is 28.3. The number of hydrogen-bond donors (Lipinski definition) is 0. The van der Waals surface area contributed by atoms with Crippen molar-refractivity contribution in [1.82, 2.24) is 18.4 Å². The Hall–Kier alpha value is -0.700. The van der Waals surface area contributed by atoms with E-state index in [4.69, 9.17) is 0 Å². The molecule has 3 saturated heterocycles. The minimum atomic E-state index is -3.32. The van der Waals surface area contributed by atoms with Crippen molar-refractivity contribution in [2.45, 2.75) is 39.0 Å². The third-order valence-corrected chi connectivity index (χ3v) is 7.96. The lowest BCUT2D eigenvalue weighted by Gasteiger charge is -2.37. The van der Waals surface area contributed by atoms with E-state index >= 15 is 0 Å². The molecule has 0 saturated carbocycles. The van der Waals surface area contributed by atoms with Gasteiger partial charge in [-0.05, 0) is 51.2 Å². The molecule has 0 radical (unpaired) electrons. The zero-order chi connectivity index (χ0) is 17.9. The van der Waals surface area contributed by atoms with E-state index in [-0.39, 0.29) is 5.91 Å². The van der Waals surface area contributed by atoms with Crippen molar-refractivity contribution in [1.29, 1.82) is 0 Å². The Labute approximate surface area is 152 Å². The molecule has 3 aliphatic rings. The van der Waals surface area contributed by atoms with Crippen LogP contribution in [0.1, 0.15) is 39.0 Å². The summed E-state index contributed by atoms with van der Waals surface area (Å²) in [5.74, 6) is 0.690. The lowest BCUT2D eigenvalue weighted by atomic mass is 9.93. The molecule has 0 N–H and O–H groups in total. The van der Waals surface area contributed by atoms with Crippen LogP contribution in [0.15, 0.2) is 0 Å². The Morgan fingerprint density at radius 1 is 0.880 bits per heavy atom. The van der Waals surface area contributed by atoms with E-state index in [0.717, 1.165) is 45.3 Å². The number of likely N-dealkylation sites (tertiary alicyclic amines) is 1. The molecule has 25 heavy (non-hydrogen) atoms. The van der Waals surface area contributed by atoms with E-state index in [1.807, 2.05) is 4.90 Å². The maximum absolute atomic E-state index is 12.6. The number of hydrogen-bond acceptors (Lipinski definition) is 4. The lowest BCUT2D eigenvalue weighted by molar-refractivity contribution is -0.133. The highest BCUT2D eigenvalue weighted by atomic mass is 32.2. The molecule has 144 valence electrons. The number of carbonyl (C=O) groups excluding carboxylic acids is 1. The molecule has 3 fully saturated rings. The van der Waals surface area contributed by atoms with Gasteiger partial charge in [0.25, 0.3) is 10.2 Å². The quantitative estimate of drug-likeness (QED) is 0.709. The molecule has 0 aromatic rings. The fourth-order valence-corrected chi connectivity index (χ4v) is 5.80. The average molecular weight is 373 g/mol. The van der Waals surface area contributed by atoms with Gasteiger partial charge in [-0.25, -0.2) is 0 Å². The highest BCUT2D eigenvalue weighted by molar-refractivity contribution is 7.86. The number of carbonyl (C=O) groups is 1. The number of rotatable bonds is 5. The van der Waals surface area contributed by atoms with E-state index in [1.165, 1.54) is 0 Å². The van der Waals surface area contributed by atoms with Gasteiger partial charge in [0.2, 0.25) is 5.91 Å². The molecule has 0 aliphatic carbocycles. The second-order valence-corrected chi connectivity index (χ2v) is 9.40. The van der Waals surface area contributed by atoms with E-state index in [1.54, 1.807) is 8.61 Å². The van der Waals surface area contributed by atoms with E-state index < -0.39 is 10.2 Å². The minimum Gasteiger partial charge on any atom is -0.340 e. The number of piperazine rings is 1. The summed E-state index contributed by atoms with van der Waals surface area (Å²) in [6.45, 7) is 8.65. The fourth-order valence-electron chi connectivity index (χ4n) is 4.13. The summed E-state index contributed by atoms with van der Waals surface area (Å²) in [6, 6.07) is 0. The maximum atomic E-state index is 12.6.